The van der Waals surface area contributed by atoms with Crippen LogP contribution >= 0.6 is 0 Å². The summed E-state index contributed by atoms with van der Waals surface area (Å²) in [5, 5.41) is 20.2. The monoisotopic (exact) mass is 508 g/mol. The highest BCUT2D eigenvalue weighted by atomic mass is 19.1. The van der Waals surface area contributed by atoms with Gasteiger partial charge in [0, 0.05) is 50.6 Å². The summed E-state index contributed by atoms with van der Waals surface area (Å²) in [7, 11) is 0. The minimum Gasteiger partial charge on any atom is -0.381 e. The van der Waals surface area contributed by atoms with Crippen LogP contribution in [0.1, 0.15) is 51.4 Å². The van der Waals surface area contributed by atoms with Crippen LogP contribution < -0.4 is 16.0 Å². The average Bonchev–Trinajstić information content (AvgIpc) is 3.47. The number of hydrogen-bond donors (Lipinski definition) is 3. The smallest absolute Gasteiger partial charge is 0.151 e. The quantitative estimate of drug-likeness (QED) is 0.455. The van der Waals surface area contributed by atoms with Crippen LogP contribution in [-0.2, 0) is 9.47 Å². The van der Waals surface area contributed by atoms with Gasteiger partial charge in [-0.1, -0.05) is 6.07 Å². The SMILES string of the molecule is N#CC1(CNc2cccc(-c3cc(N[C@H]4CC[C@H](NC[C@@H]5CCCO5)CC4)ncc3F)n2)CCOCC1. The standard InChI is InChI=1S/C28H37FN6O2/c29-24-17-32-27(34-21-8-6-20(7-9-21)31-16-22-3-2-12-37-22)15-23(24)25-4-1-5-26(35-25)33-19-28(18-30)10-13-36-14-11-28/h1,4-5,15,17,20-22,31H,2-3,6-14,16,19H2,(H,32,34)(H,33,35)/t20-,21-,22-/m0/s1. The van der Waals surface area contributed by atoms with E-state index in [1.165, 1.54) is 12.6 Å². The highest BCUT2D eigenvalue weighted by Gasteiger charge is 2.32. The second-order valence-electron chi connectivity index (χ2n) is 10.6. The molecule has 0 bridgehead atoms. The van der Waals surface area contributed by atoms with Crippen LogP contribution in [0, 0.1) is 22.6 Å². The molecule has 0 radical (unpaired) electrons. The van der Waals surface area contributed by atoms with E-state index < -0.39 is 11.2 Å². The van der Waals surface area contributed by atoms with Gasteiger partial charge in [-0.05, 0) is 69.6 Å². The van der Waals surface area contributed by atoms with Crippen LogP contribution in [0.25, 0.3) is 11.3 Å². The molecule has 1 saturated carbocycles. The Kier molecular flexibility index (Phi) is 8.49. The van der Waals surface area contributed by atoms with Gasteiger partial charge in [0.1, 0.15) is 11.6 Å². The van der Waals surface area contributed by atoms with Gasteiger partial charge < -0.3 is 25.4 Å². The number of pyridine rings is 2. The molecular formula is C28H37FN6O2. The van der Waals surface area contributed by atoms with E-state index in [1.54, 1.807) is 12.1 Å². The highest BCUT2D eigenvalue weighted by Crippen LogP contribution is 2.31. The van der Waals surface area contributed by atoms with E-state index in [-0.39, 0.29) is 0 Å². The highest BCUT2D eigenvalue weighted by molar-refractivity contribution is 5.65. The van der Waals surface area contributed by atoms with Gasteiger partial charge in [0.25, 0.3) is 0 Å². The molecule has 3 aliphatic rings. The van der Waals surface area contributed by atoms with Crippen molar-refractivity contribution in [3.8, 4) is 17.3 Å². The Morgan fingerprint density at radius 1 is 1.05 bits per heavy atom. The zero-order chi connectivity index (χ0) is 25.5. The first-order chi connectivity index (χ1) is 18.1. The molecule has 198 valence electrons. The van der Waals surface area contributed by atoms with Crippen molar-refractivity contribution >= 4 is 11.6 Å². The van der Waals surface area contributed by atoms with Crippen LogP contribution in [0.15, 0.2) is 30.5 Å². The van der Waals surface area contributed by atoms with Gasteiger partial charge in [-0.2, -0.15) is 5.26 Å². The van der Waals surface area contributed by atoms with Crippen molar-refractivity contribution < 1.29 is 13.9 Å². The Morgan fingerprint density at radius 2 is 1.86 bits per heavy atom. The number of ether oxygens (including phenoxy) is 2. The predicted octanol–water partition coefficient (Wildman–Crippen LogP) is 4.51. The lowest BCUT2D eigenvalue weighted by Gasteiger charge is -2.31. The molecule has 3 fully saturated rings. The molecule has 0 aromatic carbocycles. The van der Waals surface area contributed by atoms with Crippen molar-refractivity contribution in [2.45, 2.75) is 69.6 Å². The van der Waals surface area contributed by atoms with E-state index in [4.69, 9.17) is 9.47 Å². The van der Waals surface area contributed by atoms with Crippen LogP contribution in [0.5, 0.6) is 0 Å². The molecule has 8 nitrogen and oxygen atoms in total. The van der Waals surface area contributed by atoms with Gasteiger partial charge in [0.05, 0.1) is 29.5 Å². The number of rotatable bonds is 9. The summed E-state index contributed by atoms with van der Waals surface area (Å²) in [5.41, 5.74) is 0.482. The molecule has 1 atom stereocenters. The molecule has 2 aliphatic heterocycles. The summed E-state index contributed by atoms with van der Waals surface area (Å²) in [6.45, 7) is 3.50. The van der Waals surface area contributed by atoms with Crippen molar-refractivity contribution in [3.63, 3.8) is 0 Å². The van der Waals surface area contributed by atoms with Gasteiger partial charge in [0.2, 0.25) is 0 Å². The minimum absolute atomic E-state index is 0.314. The number of halogens is 1. The first-order valence-corrected chi connectivity index (χ1v) is 13.6. The van der Waals surface area contributed by atoms with Crippen LogP contribution in [0.4, 0.5) is 16.0 Å². The largest absolute Gasteiger partial charge is 0.381 e. The van der Waals surface area contributed by atoms with Crippen molar-refractivity contribution in [3.05, 3.63) is 36.3 Å². The summed E-state index contributed by atoms with van der Waals surface area (Å²) >= 11 is 0. The predicted molar refractivity (Wildman–Crippen MR) is 141 cm³/mol. The molecule has 1 aliphatic carbocycles. The average molecular weight is 509 g/mol. The maximum Gasteiger partial charge on any atom is 0.151 e. The van der Waals surface area contributed by atoms with E-state index in [2.05, 4.69) is 32.0 Å². The van der Waals surface area contributed by atoms with Crippen molar-refractivity contribution in [2.75, 3.05) is 43.5 Å². The normalized spacial score (nSPS) is 25.4. The Labute approximate surface area is 218 Å². The first-order valence-electron chi connectivity index (χ1n) is 13.6. The number of nitrogens with one attached hydrogen (secondary N) is 3. The third kappa shape index (κ3) is 6.75. The lowest BCUT2D eigenvalue weighted by atomic mass is 9.82. The number of aromatic nitrogens is 2. The third-order valence-electron chi connectivity index (χ3n) is 7.91. The number of nitrogens with zero attached hydrogens (tertiary/aromatic N) is 3. The fourth-order valence-corrected chi connectivity index (χ4v) is 5.50. The van der Waals surface area contributed by atoms with Crippen molar-refractivity contribution in [1.29, 1.82) is 5.26 Å². The second-order valence-corrected chi connectivity index (χ2v) is 10.6. The maximum atomic E-state index is 14.8. The zero-order valence-corrected chi connectivity index (χ0v) is 21.3. The van der Waals surface area contributed by atoms with Gasteiger partial charge in [-0.25, -0.2) is 14.4 Å². The molecule has 2 aromatic heterocycles. The molecule has 2 aromatic rings. The van der Waals surface area contributed by atoms with Gasteiger partial charge in [-0.3, -0.25) is 0 Å². The number of anilines is 2. The molecule has 9 heteroatoms. The minimum atomic E-state index is -0.465. The first kappa shape index (κ1) is 25.8. The summed E-state index contributed by atoms with van der Waals surface area (Å²) in [4.78, 5) is 8.94. The van der Waals surface area contributed by atoms with Crippen LogP contribution in [0.3, 0.4) is 0 Å². The Morgan fingerprint density at radius 3 is 2.62 bits per heavy atom. The Hall–Kier alpha value is -2.80. The molecule has 2 saturated heterocycles. The Balaban J connectivity index is 1.17. The van der Waals surface area contributed by atoms with Gasteiger partial charge >= 0.3 is 0 Å². The third-order valence-corrected chi connectivity index (χ3v) is 7.91. The summed E-state index contributed by atoms with van der Waals surface area (Å²) in [5.74, 6) is 0.881. The van der Waals surface area contributed by atoms with E-state index in [9.17, 15) is 9.65 Å². The van der Waals surface area contributed by atoms with Gasteiger partial charge in [0.15, 0.2) is 5.82 Å². The summed E-state index contributed by atoms with van der Waals surface area (Å²) < 4.78 is 25.9. The zero-order valence-electron chi connectivity index (χ0n) is 21.3. The second kappa shape index (κ2) is 12.2. The number of nitriles is 1. The van der Waals surface area contributed by atoms with E-state index in [0.29, 0.717) is 73.7 Å². The summed E-state index contributed by atoms with van der Waals surface area (Å²) in [6, 6.07) is 10.5. The fraction of sp³-hybridized carbons (Fsp3) is 0.607. The van der Waals surface area contributed by atoms with Crippen molar-refractivity contribution in [2.24, 2.45) is 5.41 Å². The lowest BCUT2D eigenvalue weighted by molar-refractivity contribution is 0.0455. The van der Waals surface area contributed by atoms with Crippen molar-refractivity contribution in [1.82, 2.24) is 15.3 Å². The topological polar surface area (TPSA) is 104 Å². The van der Waals surface area contributed by atoms with E-state index in [1.807, 2.05) is 12.1 Å². The summed E-state index contributed by atoms with van der Waals surface area (Å²) in [6.07, 6.45) is 9.63. The molecule has 0 unspecified atom stereocenters. The lowest BCUT2D eigenvalue weighted by Crippen LogP contribution is -2.40. The molecule has 0 spiro atoms. The van der Waals surface area contributed by atoms with Gasteiger partial charge in [-0.15, -0.1) is 0 Å². The van der Waals surface area contributed by atoms with E-state index in [0.717, 1.165) is 45.3 Å². The molecule has 5 rings (SSSR count). The van der Waals surface area contributed by atoms with Crippen LogP contribution in [0.2, 0.25) is 0 Å². The molecule has 0 amide bonds. The Bertz CT molecular complexity index is 1070. The number of hydrogen-bond acceptors (Lipinski definition) is 8. The maximum absolute atomic E-state index is 14.8. The molecule has 37 heavy (non-hydrogen) atoms. The fourth-order valence-electron chi connectivity index (χ4n) is 5.50. The van der Waals surface area contributed by atoms with Crippen LogP contribution in [-0.4, -0.2) is 61.1 Å². The molecule has 4 heterocycles. The van der Waals surface area contributed by atoms with E-state index >= 15 is 0 Å². The molecular weight excluding hydrogens is 471 g/mol. The molecule has 3 N–H and O–H groups in total.